The summed E-state index contributed by atoms with van der Waals surface area (Å²) in [6.45, 7) is 6.75. The number of halogens is 1. The summed E-state index contributed by atoms with van der Waals surface area (Å²) in [6, 6.07) is 8.52. The first-order valence-electron chi connectivity index (χ1n) is 9.06. The van der Waals surface area contributed by atoms with Crippen molar-refractivity contribution in [2.24, 2.45) is 0 Å². The van der Waals surface area contributed by atoms with Crippen LogP contribution in [0, 0.1) is 19.7 Å². The SMILES string of the molecule is Cc1cc(C)c2nc(N3C4CC3CN(Cc3ncccc3F)C4)sc2c1. The number of piperazine rings is 1. The molecule has 1 aromatic carbocycles. The maximum absolute atomic E-state index is 13.9. The first-order chi connectivity index (χ1) is 12.6. The fraction of sp³-hybridized carbons (Fsp3) is 0.400. The van der Waals surface area contributed by atoms with E-state index in [1.54, 1.807) is 23.6 Å². The van der Waals surface area contributed by atoms with Gasteiger partial charge in [-0.15, -0.1) is 0 Å². The number of piperidine rings is 1. The lowest BCUT2D eigenvalue weighted by Crippen LogP contribution is -2.68. The molecule has 2 atom stereocenters. The Morgan fingerprint density at radius 2 is 2.04 bits per heavy atom. The fourth-order valence-electron chi connectivity index (χ4n) is 4.35. The highest BCUT2D eigenvalue weighted by Gasteiger charge is 2.46. The molecule has 6 heteroatoms. The molecule has 0 spiro atoms. The Kier molecular flexibility index (Phi) is 3.72. The number of aryl methyl sites for hydroxylation is 2. The largest absolute Gasteiger partial charge is 0.339 e. The van der Waals surface area contributed by atoms with E-state index in [0.717, 1.165) is 23.7 Å². The van der Waals surface area contributed by atoms with Gasteiger partial charge in [-0.3, -0.25) is 9.88 Å². The highest BCUT2D eigenvalue weighted by atomic mass is 32.1. The summed E-state index contributed by atoms with van der Waals surface area (Å²) in [4.78, 5) is 13.9. The molecule has 0 N–H and O–H groups in total. The number of benzene rings is 1. The number of pyridine rings is 1. The summed E-state index contributed by atoms with van der Waals surface area (Å²) in [5.74, 6) is -0.208. The number of thiazole rings is 1. The van der Waals surface area contributed by atoms with Crippen LogP contribution in [-0.2, 0) is 6.54 Å². The van der Waals surface area contributed by atoms with Gasteiger partial charge in [0.25, 0.3) is 0 Å². The quantitative estimate of drug-likeness (QED) is 0.702. The van der Waals surface area contributed by atoms with Gasteiger partial charge in [-0.25, -0.2) is 9.37 Å². The highest BCUT2D eigenvalue weighted by Crippen LogP contribution is 2.41. The van der Waals surface area contributed by atoms with Crippen LogP contribution in [0.3, 0.4) is 0 Å². The smallest absolute Gasteiger partial charge is 0.187 e. The number of hydrogen-bond acceptors (Lipinski definition) is 5. The number of anilines is 1. The fourth-order valence-corrected chi connectivity index (χ4v) is 5.64. The average Bonchev–Trinajstić information content (AvgIpc) is 3.00. The van der Waals surface area contributed by atoms with Gasteiger partial charge in [0.05, 0.1) is 15.9 Å². The summed E-state index contributed by atoms with van der Waals surface area (Å²) in [5, 5.41) is 1.14. The third-order valence-corrected chi connectivity index (χ3v) is 6.53. The Balaban J connectivity index is 1.35. The first-order valence-corrected chi connectivity index (χ1v) is 9.88. The molecule has 4 nitrogen and oxygen atoms in total. The molecule has 3 aliphatic rings. The van der Waals surface area contributed by atoms with Crippen LogP contribution < -0.4 is 4.90 Å². The summed E-state index contributed by atoms with van der Waals surface area (Å²) in [5.41, 5.74) is 4.22. The summed E-state index contributed by atoms with van der Waals surface area (Å²) >= 11 is 1.80. The molecule has 2 bridgehead atoms. The van der Waals surface area contributed by atoms with Crippen molar-refractivity contribution < 1.29 is 4.39 Å². The van der Waals surface area contributed by atoms with Crippen LogP contribution in [0.15, 0.2) is 30.5 Å². The van der Waals surface area contributed by atoms with Gasteiger partial charge < -0.3 is 4.90 Å². The zero-order valence-corrected chi connectivity index (χ0v) is 15.8. The van der Waals surface area contributed by atoms with Gasteiger partial charge in [0, 0.05) is 37.9 Å². The van der Waals surface area contributed by atoms with Crippen molar-refractivity contribution in [2.75, 3.05) is 18.0 Å². The van der Waals surface area contributed by atoms with Crippen molar-refractivity contribution in [3.8, 4) is 0 Å². The van der Waals surface area contributed by atoms with Crippen LogP contribution >= 0.6 is 11.3 Å². The number of hydrogen-bond donors (Lipinski definition) is 0. The molecule has 2 aromatic heterocycles. The lowest BCUT2D eigenvalue weighted by Gasteiger charge is -2.56. The van der Waals surface area contributed by atoms with Crippen molar-refractivity contribution in [2.45, 2.75) is 38.9 Å². The Hall–Kier alpha value is -2.05. The second kappa shape index (κ2) is 5.99. The van der Waals surface area contributed by atoms with E-state index in [4.69, 9.17) is 4.98 Å². The third-order valence-electron chi connectivity index (χ3n) is 5.52. The van der Waals surface area contributed by atoms with E-state index in [0.29, 0.717) is 24.3 Å². The molecular formula is C20H21FN4S. The Labute approximate surface area is 156 Å². The molecular weight excluding hydrogens is 347 g/mol. The summed E-state index contributed by atoms with van der Waals surface area (Å²) in [7, 11) is 0. The van der Waals surface area contributed by atoms with Gasteiger partial charge in [0.2, 0.25) is 0 Å². The van der Waals surface area contributed by atoms with Crippen LogP contribution in [0.5, 0.6) is 0 Å². The lowest BCUT2D eigenvalue weighted by atomic mass is 9.88. The molecule has 3 saturated heterocycles. The monoisotopic (exact) mass is 368 g/mol. The van der Waals surface area contributed by atoms with Crippen molar-refractivity contribution in [1.29, 1.82) is 0 Å². The molecule has 0 radical (unpaired) electrons. The maximum atomic E-state index is 13.9. The minimum Gasteiger partial charge on any atom is -0.339 e. The Bertz CT molecular complexity index is 973. The molecule has 5 heterocycles. The minimum absolute atomic E-state index is 0.208. The van der Waals surface area contributed by atoms with E-state index < -0.39 is 0 Å². The zero-order chi connectivity index (χ0) is 17.8. The first kappa shape index (κ1) is 16.1. The van der Waals surface area contributed by atoms with E-state index in [2.05, 4.69) is 40.8 Å². The van der Waals surface area contributed by atoms with E-state index in [1.165, 1.54) is 28.3 Å². The van der Waals surface area contributed by atoms with Gasteiger partial charge >= 0.3 is 0 Å². The van der Waals surface area contributed by atoms with Crippen molar-refractivity contribution >= 4 is 26.7 Å². The van der Waals surface area contributed by atoms with Crippen molar-refractivity contribution in [3.63, 3.8) is 0 Å². The predicted octanol–water partition coefficient (Wildman–Crippen LogP) is 3.91. The Morgan fingerprint density at radius 1 is 1.23 bits per heavy atom. The Morgan fingerprint density at radius 3 is 2.81 bits per heavy atom. The van der Waals surface area contributed by atoms with E-state index in [-0.39, 0.29) is 5.82 Å². The van der Waals surface area contributed by atoms with Gasteiger partial charge in [0.15, 0.2) is 5.13 Å². The van der Waals surface area contributed by atoms with Gasteiger partial charge in [-0.1, -0.05) is 17.4 Å². The molecule has 3 aliphatic heterocycles. The van der Waals surface area contributed by atoms with Crippen LogP contribution in [0.1, 0.15) is 23.2 Å². The molecule has 0 aliphatic carbocycles. The molecule has 6 rings (SSSR count). The lowest BCUT2D eigenvalue weighted by molar-refractivity contribution is 0.106. The van der Waals surface area contributed by atoms with E-state index >= 15 is 0 Å². The second-order valence-electron chi connectivity index (χ2n) is 7.50. The minimum atomic E-state index is -0.208. The molecule has 3 fully saturated rings. The predicted molar refractivity (Wildman–Crippen MR) is 103 cm³/mol. The van der Waals surface area contributed by atoms with Crippen LogP contribution in [0.4, 0.5) is 9.52 Å². The molecule has 0 amide bonds. The standard InChI is InChI=1S/C20H21FN4S/c1-12-6-13(2)19-18(7-12)26-20(23-19)25-14-8-15(25)10-24(9-14)11-17-16(21)4-3-5-22-17/h3-7,14-15H,8-11H2,1-2H3. The van der Waals surface area contributed by atoms with Gasteiger partial charge in [-0.05, 0) is 49.6 Å². The average molecular weight is 368 g/mol. The highest BCUT2D eigenvalue weighted by molar-refractivity contribution is 7.22. The number of fused-ring (bicyclic) bond motifs is 3. The molecule has 26 heavy (non-hydrogen) atoms. The molecule has 2 unspecified atom stereocenters. The topological polar surface area (TPSA) is 32.3 Å². The van der Waals surface area contributed by atoms with E-state index in [1.807, 2.05) is 0 Å². The van der Waals surface area contributed by atoms with Gasteiger partial charge in [0.1, 0.15) is 5.82 Å². The number of rotatable bonds is 3. The van der Waals surface area contributed by atoms with Gasteiger partial charge in [-0.2, -0.15) is 0 Å². The molecule has 3 aromatic rings. The van der Waals surface area contributed by atoms with Crippen molar-refractivity contribution in [3.05, 3.63) is 53.1 Å². The van der Waals surface area contributed by atoms with Crippen LogP contribution in [0.25, 0.3) is 10.2 Å². The number of aromatic nitrogens is 2. The van der Waals surface area contributed by atoms with Crippen molar-refractivity contribution in [1.82, 2.24) is 14.9 Å². The third kappa shape index (κ3) is 2.59. The van der Waals surface area contributed by atoms with Crippen LogP contribution in [-0.4, -0.2) is 40.0 Å². The number of nitrogens with zero attached hydrogens (tertiary/aromatic N) is 4. The second-order valence-corrected chi connectivity index (χ2v) is 8.51. The molecule has 134 valence electrons. The zero-order valence-electron chi connectivity index (χ0n) is 14.9. The van der Waals surface area contributed by atoms with E-state index in [9.17, 15) is 4.39 Å². The maximum Gasteiger partial charge on any atom is 0.187 e. The summed E-state index contributed by atoms with van der Waals surface area (Å²) < 4.78 is 15.1. The molecule has 0 saturated carbocycles. The normalized spacial score (nSPS) is 22.7. The summed E-state index contributed by atoms with van der Waals surface area (Å²) in [6.07, 6.45) is 2.87. The van der Waals surface area contributed by atoms with Crippen LogP contribution in [0.2, 0.25) is 0 Å².